The zero-order valence-corrected chi connectivity index (χ0v) is 12.7. The van der Waals surface area contributed by atoms with Gasteiger partial charge < -0.3 is 0 Å². The maximum absolute atomic E-state index is 4.13. The van der Waals surface area contributed by atoms with E-state index in [1.807, 2.05) is 0 Å². The molecule has 2 rings (SSSR count). The Balaban J connectivity index is 2.76. The molecule has 0 unspecified atom stereocenters. The lowest BCUT2D eigenvalue weighted by molar-refractivity contribution is 1.48. The van der Waals surface area contributed by atoms with Crippen molar-refractivity contribution in [3.8, 4) is 0 Å². The zero-order valence-electron chi connectivity index (χ0n) is 11.7. The Labute approximate surface area is 117 Å². The van der Waals surface area contributed by atoms with Gasteiger partial charge in [-0.1, -0.05) is 71.1 Å². The van der Waals surface area contributed by atoms with Crippen molar-refractivity contribution >= 4 is 18.4 Å². The van der Waals surface area contributed by atoms with Crippen LogP contribution in [0.4, 0.5) is 0 Å². The fourth-order valence-corrected chi connectivity index (χ4v) is 6.29. The minimum atomic E-state index is -2.06. The van der Waals surface area contributed by atoms with Crippen molar-refractivity contribution < 1.29 is 0 Å². The predicted octanol–water partition coefficient (Wildman–Crippen LogP) is 3.32. The first kappa shape index (κ1) is 13.6. The van der Waals surface area contributed by atoms with Gasteiger partial charge in [0.15, 0.2) is 8.07 Å². The van der Waals surface area contributed by atoms with E-state index in [2.05, 4.69) is 86.9 Å². The molecule has 2 aromatic carbocycles. The summed E-state index contributed by atoms with van der Waals surface area (Å²) in [5.41, 5.74) is 6.89. The molecule has 0 aliphatic rings. The number of rotatable bonds is 4. The number of hydrogen-bond acceptors (Lipinski definition) is 0. The van der Waals surface area contributed by atoms with Crippen LogP contribution in [0.25, 0.3) is 0 Å². The summed E-state index contributed by atoms with van der Waals surface area (Å²) in [5, 5.41) is 2.77. The van der Waals surface area contributed by atoms with Gasteiger partial charge in [-0.2, -0.15) is 0 Å². The summed E-state index contributed by atoms with van der Waals surface area (Å²) in [6.45, 7) is 12.6. The molecule has 0 saturated carbocycles. The van der Waals surface area contributed by atoms with Crippen LogP contribution in [0.2, 0.25) is 0 Å². The van der Waals surface area contributed by atoms with E-state index in [0.29, 0.717) is 0 Å². The first-order chi connectivity index (χ1) is 9.15. The molecule has 1 heteroatoms. The zero-order chi connectivity index (χ0) is 13.9. The molecule has 0 heterocycles. The molecule has 0 saturated heterocycles. The lowest BCUT2D eigenvalue weighted by atomic mass is 10.2. The van der Waals surface area contributed by atoms with Crippen molar-refractivity contribution in [1.29, 1.82) is 0 Å². The van der Waals surface area contributed by atoms with Gasteiger partial charge in [0.05, 0.1) is 0 Å². The Morgan fingerprint density at radius 2 is 1.11 bits per heavy atom. The van der Waals surface area contributed by atoms with E-state index in [0.717, 1.165) is 0 Å². The third-order valence-corrected chi connectivity index (χ3v) is 8.02. The molecule has 0 radical (unpaired) electrons. The van der Waals surface area contributed by atoms with Gasteiger partial charge >= 0.3 is 0 Å². The molecule has 0 aliphatic carbocycles. The monoisotopic (exact) mass is 264 g/mol. The second kappa shape index (κ2) is 5.41. The molecule has 0 spiro atoms. The standard InChI is InChI=1S/C18H20Si/c1-5-19(6-2,17-13-9-7-11-15(17)3)18-14-10-8-12-16(18)4/h5-14H,1-2H2,3-4H3. The average Bonchev–Trinajstić information content (AvgIpc) is 2.44. The van der Waals surface area contributed by atoms with Gasteiger partial charge in [-0.3, -0.25) is 0 Å². The van der Waals surface area contributed by atoms with Crippen molar-refractivity contribution in [3.05, 3.63) is 84.2 Å². The maximum atomic E-state index is 4.13. The fourth-order valence-electron chi connectivity index (χ4n) is 2.74. The molecule has 0 N–H and O–H groups in total. The SMILES string of the molecule is C=C[Si](C=C)(c1ccccc1C)c1ccccc1C. The summed E-state index contributed by atoms with van der Waals surface area (Å²) in [4.78, 5) is 0. The van der Waals surface area contributed by atoms with Gasteiger partial charge in [0, 0.05) is 0 Å². The topological polar surface area (TPSA) is 0 Å². The third-order valence-electron chi connectivity index (χ3n) is 3.83. The molecule has 0 nitrogen and oxygen atoms in total. The first-order valence-electron chi connectivity index (χ1n) is 6.55. The maximum Gasteiger partial charge on any atom is 0.164 e. The molecule has 0 bridgehead atoms. The Morgan fingerprint density at radius 1 is 0.737 bits per heavy atom. The van der Waals surface area contributed by atoms with Crippen LogP contribution in [0.15, 0.2) is 73.1 Å². The van der Waals surface area contributed by atoms with Crippen molar-refractivity contribution in [2.45, 2.75) is 13.8 Å². The highest BCUT2D eigenvalue weighted by molar-refractivity contribution is 7.09. The third kappa shape index (κ3) is 2.22. The highest BCUT2D eigenvalue weighted by Gasteiger charge is 2.33. The molecule has 96 valence electrons. The first-order valence-corrected chi connectivity index (χ1v) is 8.70. The number of aryl methyl sites for hydroxylation is 2. The van der Waals surface area contributed by atoms with E-state index in [9.17, 15) is 0 Å². The second-order valence-electron chi connectivity index (χ2n) is 4.91. The van der Waals surface area contributed by atoms with Gasteiger partial charge in [-0.15, -0.1) is 13.2 Å². The lowest BCUT2D eigenvalue weighted by Gasteiger charge is -2.29. The van der Waals surface area contributed by atoms with Gasteiger partial charge in [-0.25, -0.2) is 0 Å². The fraction of sp³-hybridized carbons (Fsp3) is 0.111. The summed E-state index contributed by atoms with van der Waals surface area (Å²) in [6, 6.07) is 17.2. The normalized spacial score (nSPS) is 11.1. The van der Waals surface area contributed by atoms with Crippen molar-refractivity contribution in [2.75, 3.05) is 0 Å². The summed E-state index contributed by atoms with van der Waals surface area (Å²) >= 11 is 0. The lowest BCUT2D eigenvalue weighted by Crippen LogP contribution is -2.57. The van der Waals surface area contributed by atoms with Crippen LogP contribution >= 0.6 is 0 Å². The smallest absolute Gasteiger partial charge is 0.106 e. The largest absolute Gasteiger partial charge is 0.164 e. The number of benzene rings is 2. The van der Waals surface area contributed by atoms with Crippen LogP contribution in [0.3, 0.4) is 0 Å². The Morgan fingerprint density at radius 3 is 1.42 bits per heavy atom. The highest BCUT2D eigenvalue weighted by atomic mass is 28.3. The molecule has 0 fully saturated rings. The Bertz CT molecular complexity index is 555. The van der Waals surface area contributed by atoms with Crippen LogP contribution in [0, 0.1) is 13.8 Å². The molecular weight excluding hydrogens is 244 g/mol. The molecule has 0 atom stereocenters. The van der Waals surface area contributed by atoms with E-state index in [1.54, 1.807) is 0 Å². The molecular formula is C18H20Si. The summed E-state index contributed by atoms with van der Waals surface area (Å²) < 4.78 is 0. The van der Waals surface area contributed by atoms with E-state index in [4.69, 9.17) is 0 Å². The highest BCUT2D eigenvalue weighted by Crippen LogP contribution is 2.13. The van der Waals surface area contributed by atoms with Crippen LogP contribution in [0.5, 0.6) is 0 Å². The quantitative estimate of drug-likeness (QED) is 0.743. The Kier molecular flexibility index (Phi) is 3.86. The molecule has 2 aromatic rings. The summed E-state index contributed by atoms with van der Waals surface area (Å²) in [6.07, 6.45) is 0. The number of hydrogen-bond donors (Lipinski definition) is 0. The molecule has 19 heavy (non-hydrogen) atoms. The average molecular weight is 264 g/mol. The van der Waals surface area contributed by atoms with Crippen molar-refractivity contribution in [2.24, 2.45) is 0 Å². The van der Waals surface area contributed by atoms with Crippen LogP contribution in [-0.2, 0) is 0 Å². The van der Waals surface area contributed by atoms with Crippen LogP contribution < -0.4 is 10.4 Å². The van der Waals surface area contributed by atoms with Gasteiger partial charge in [0.25, 0.3) is 0 Å². The van der Waals surface area contributed by atoms with Gasteiger partial charge in [0.2, 0.25) is 0 Å². The van der Waals surface area contributed by atoms with Crippen molar-refractivity contribution in [1.82, 2.24) is 0 Å². The van der Waals surface area contributed by atoms with Crippen molar-refractivity contribution in [3.63, 3.8) is 0 Å². The van der Waals surface area contributed by atoms with E-state index in [1.165, 1.54) is 21.5 Å². The summed E-state index contributed by atoms with van der Waals surface area (Å²) in [5.74, 6) is 0. The minimum absolute atomic E-state index is 1.32. The molecule has 0 amide bonds. The molecule has 0 aliphatic heterocycles. The summed E-state index contributed by atoms with van der Waals surface area (Å²) in [7, 11) is -2.06. The minimum Gasteiger partial charge on any atom is -0.106 e. The van der Waals surface area contributed by atoms with E-state index in [-0.39, 0.29) is 0 Å². The Hall–Kier alpha value is -1.86. The van der Waals surface area contributed by atoms with Gasteiger partial charge in [0.1, 0.15) is 0 Å². The van der Waals surface area contributed by atoms with E-state index >= 15 is 0 Å². The van der Waals surface area contributed by atoms with Crippen LogP contribution in [-0.4, -0.2) is 8.07 Å². The second-order valence-corrected chi connectivity index (χ2v) is 8.54. The van der Waals surface area contributed by atoms with Gasteiger partial charge in [-0.05, 0) is 24.2 Å². The predicted molar refractivity (Wildman–Crippen MR) is 87.8 cm³/mol. The molecule has 0 aromatic heterocycles. The van der Waals surface area contributed by atoms with E-state index < -0.39 is 8.07 Å². The van der Waals surface area contributed by atoms with Crippen LogP contribution in [0.1, 0.15) is 11.1 Å².